The van der Waals surface area contributed by atoms with Crippen molar-refractivity contribution in [3.8, 4) is 28.5 Å². The lowest BCUT2D eigenvalue weighted by molar-refractivity contribution is -0.192. The highest BCUT2D eigenvalue weighted by Crippen LogP contribution is 2.32. The Hall–Kier alpha value is -3.82. The number of aliphatic carboxylic acids is 1. The van der Waals surface area contributed by atoms with Gasteiger partial charge in [-0.2, -0.15) is 18.4 Å². The van der Waals surface area contributed by atoms with Crippen LogP contribution in [-0.4, -0.2) is 32.0 Å². The third-order valence-corrected chi connectivity index (χ3v) is 5.83. The Morgan fingerprint density at radius 2 is 1.64 bits per heavy atom. The maximum atomic E-state index is 14.3. The molecule has 7 nitrogen and oxygen atoms in total. The number of nitrogens with two attached hydrogens (primary N) is 1. The standard InChI is InChI=1S/C22H21FN4OS.C2HF3O2/c1-22(2,3)27-29(28)15-10-8-14(9-11-15)20-12-17(18(13-24)21(25)26-20)16-6-4-5-7-19(16)23;3-2(4,5)1(6)7/h4-12,27H,1-3H3,(H2,25,26);(H,6,7). The number of nitrogen functional groups attached to an aromatic ring is 1. The summed E-state index contributed by atoms with van der Waals surface area (Å²) in [5.74, 6) is -3.17. The SMILES string of the molecule is CC(C)(C)NS(=O)c1ccc(-c2cc(-c3ccccc3F)c(C#N)c(N)n2)cc1.O=C(O)C(F)(F)F. The predicted molar refractivity (Wildman–Crippen MR) is 127 cm³/mol. The molecule has 0 aliphatic carbocycles. The highest BCUT2D eigenvalue weighted by molar-refractivity contribution is 7.83. The Bertz CT molecular complexity index is 1310. The number of anilines is 1. The van der Waals surface area contributed by atoms with Crippen LogP contribution < -0.4 is 10.5 Å². The van der Waals surface area contributed by atoms with Crippen LogP contribution >= 0.6 is 0 Å². The van der Waals surface area contributed by atoms with E-state index in [4.69, 9.17) is 15.6 Å². The van der Waals surface area contributed by atoms with Crippen LogP contribution in [0.5, 0.6) is 0 Å². The lowest BCUT2D eigenvalue weighted by Crippen LogP contribution is -2.37. The molecule has 1 heterocycles. The van der Waals surface area contributed by atoms with Gasteiger partial charge in [0.25, 0.3) is 0 Å². The van der Waals surface area contributed by atoms with Gasteiger partial charge in [0.1, 0.15) is 34.3 Å². The summed E-state index contributed by atoms with van der Waals surface area (Å²) in [4.78, 5) is 13.8. The highest BCUT2D eigenvalue weighted by atomic mass is 32.2. The van der Waals surface area contributed by atoms with E-state index in [1.807, 2.05) is 26.8 Å². The van der Waals surface area contributed by atoms with E-state index in [1.165, 1.54) is 6.07 Å². The number of aromatic nitrogens is 1. The topological polar surface area (TPSA) is 129 Å². The molecular weight excluding hydrogens is 500 g/mol. The van der Waals surface area contributed by atoms with Gasteiger partial charge in [-0.1, -0.05) is 30.3 Å². The first-order valence-electron chi connectivity index (χ1n) is 10.2. The Labute approximate surface area is 207 Å². The lowest BCUT2D eigenvalue weighted by Gasteiger charge is -2.19. The van der Waals surface area contributed by atoms with Crippen LogP contribution in [0.25, 0.3) is 22.4 Å². The van der Waals surface area contributed by atoms with Crippen molar-refractivity contribution in [2.24, 2.45) is 0 Å². The quantitative estimate of drug-likeness (QED) is 0.411. The van der Waals surface area contributed by atoms with E-state index < -0.39 is 28.9 Å². The maximum absolute atomic E-state index is 14.3. The van der Waals surface area contributed by atoms with Crippen LogP contribution in [0.3, 0.4) is 0 Å². The van der Waals surface area contributed by atoms with Crippen LogP contribution in [0.4, 0.5) is 23.4 Å². The number of carboxylic acids is 1. The molecule has 3 aromatic rings. The number of rotatable bonds is 4. The van der Waals surface area contributed by atoms with Gasteiger partial charge in [0.15, 0.2) is 0 Å². The van der Waals surface area contributed by atoms with Crippen molar-refractivity contribution in [3.05, 3.63) is 66.0 Å². The predicted octanol–water partition coefficient (Wildman–Crippen LogP) is 5.05. The summed E-state index contributed by atoms with van der Waals surface area (Å²) >= 11 is 0. The molecule has 0 fully saturated rings. The zero-order valence-corrected chi connectivity index (χ0v) is 20.2. The summed E-state index contributed by atoms with van der Waals surface area (Å²) < 4.78 is 61.5. The first-order chi connectivity index (χ1) is 16.6. The second kappa shape index (κ2) is 11.3. The maximum Gasteiger partial charge on any atom is 0.490 e. The molecule has 0 saturated heterocycles. The smallest absolute Gasteiger partial charge is 0.475 e. The lowest BCUT2D eigenvalue weighted by atomic mass is 9.98. The Balaban J connectivity index is 0.000000572. The van der Waals surface area contributed by atoms with Gasteiger partial charge in [-0.05, 0) is 45.0 Å². The molecule has 0 saturated carbocycles. The third-order valence-electron chi connectivity index (χ3n) is 4.33. The molecule has 1 unspecified atom stereocenters. The van der Waals surface area contributed by atoms with E-state index in [0.29, 0.717) is 16.2 Å². The van der Waals surface area contributed by atoms with Crippen molar-refractivity contribution in [2.45, 2.75) is 37.4 Å². The third kappa shape index (κ3) is 7.59. The number of alkyl halides is 3. The monoisotopic (exact) mass is 522 g/mol. The summed E-state index contributed by atoms with van der Waals surface area (Å²) in [6, 6.07) is 16.9. The summed E-state index contributed by atoms with van der Waals surface area (Å²) in [6.07, 6.45) is -5.08. The second-order valence-electron chi connectivity index (χ2n) is 8.36. The van der Waals surface area contributed by atoms with Crippen molar-refractivity contribution < 1.29 is 31.7 Å². The fourth-order valence-electron chi connectivity index (χ4n) is 2.81. The summed E-state index contributed by atoms with van der Waals surface area (Å²) in [5, 5.41) is 16.6. The molecular formula is C24H22F4N4O3S. The van der Waals surface area contributed by atoms with E-state index in [-0.39, 0.29) is 22.5 Å². The normalized spacial score (nSPS) is 12.2. The molecule has 2 aromatic carbocycles. The van der Waals surface area contributed by atoms with Crippen LogP contribution in [0.1, 0.15) is 26.3 Å². The molecule has 4 N–H and O–H groups in total. The Kier molecular flexibility index (Phi) is 8.90. The number of pyridine rings is 1. The molecule has 1 atom stereocenters. The molecule has 0 aliphatic rings. The van der Waals surface area contributed by atoms with E-state index in [9.17, 15) is 27.0 Å². The Morgan fingerprint density at radius 3 is 2.11 bits per heavy atom. The van der Waals surface area contributed by atoms with Crippen LogP contribution in [-0.2, 0) is 15.8 Å². The summed E-state index contributed by atoms with van der Waals surface area (Å²) in [6.45, 7) is 5.81. The first-order valence-corrected chi connectivity index (χ1v) is 11.3. The Morgan fingerprint density at radius 1 is 1.08 bits per heavy atom. The van der Waals surface area contributed by atoms with Crippen molar-refractivity contribution >= 4 is 22.8 Å². The van der Waals surface area contributed by atoms with Crippen LogP contribution in [0.15, 0.2) is 59.5 Å². The van der Waals surface area contributed by atoms with E-state index in [2.05, 4.69) is 9.71 Å². The molecule has 0 aliphatic heterocycles. The number of benzene rings is 2. The number of nitrogens with one attached hydrogen (secondary N) is 1. The van der Waals surface area contributed by atoms with E-state index in [0.717, 1.165) is 5.56 Å². The number of carbonyl (C=O) groups is 1. The van der Waals surface area contributed by atoms with Crippen LogP contribution in [0, 0.1) is 17.1 Å². The number of hydrogen-bond acceptors (Lipinski definition) is 5. The van der Waals surface area contributed by atoms with Gasteiger partial charge in [0.05, 0.1) is 10.6 Å². The molecule has 0 radical (unpaired) electrons. The summed E-state index contributed by atoms with van der Waals surface area (Å²) in [7, 11) is -1.35. The van der Waals surface area contributed by atoms with Crippen molar-refractivity contribution in [3.63, 3.8) is 0 Å². The minimum atomic E-state index is -5.08. The average molecular weight is 523 g/mol. The van der Waals surface area contributed by atoms with E-state index in [1.54, 1.807) is 48.5 Å². The largest absolute Gasteiger partial charge is 0.490 e. The molecule has 36 heavy (non-hydrogen) atoms. The van der Waals surface area contributed by atoms with Gasteiger partial charge >= 0.3 is 12.1 Å². The highest BCUT2D eigenvalue weighted by Gasteiger charge is 2.38. The van der Waals surface area contributed by atoms with E-state index >= 15 is 0 Å². The van der Waals surface area contributed by atoms with Gasteiger partial charge < -0.3 is 10.8 Å². The first kappa shape index (κ1) is 28.4. The van der Waals surface area contributed by atoms with Gasteiger partial charge in [-0.25, -0.2) is 23.1 Å². The van der Waals surface area contributed by atoms with Crippen LogP contribution in [0.2, 0.25) is 0 Å². The van der Waals surface area contributed by atoms with Gasteiger partial charge in [-0.15, -0.1) is 0 Å². The average Bonchev–Trinajstić information content (AvgIpc) is 2.77. The fraction of sp³-hybridized carbons (Fsp3) is 0.208. The minimum Gasteiger partial charge on any atom is -0.475 e. The number of nitrogens with zero attached hydrogens (tertiary/aromatic N) is 2. The van der Waals surface area contributed by atoms with Crippen molar-refractivity contribution in [1.29, 1.82) is 5.26 Å². The summed E-state index contributed by atoms with van der Waals surface area (Å²) in [5.41, 5.74) is 7.72. The molecule has 3 rings (SSSR count). The zero-order valence-electron chi connectivity index (χ0n) is 19.4. The number of hydrogen-bond donors (Lipinski definition) is 3. The molecule has 0 bridgehead atoms. The number of nitriles is 1. The molecule has 0 amide bonds. The molecule has 12 heteroatoms. The molecule has 190 valence electrons. The molecule has 0 spiro atoms. The molecule has 1 aromatic heterocycles. The van der Waals surface area contributed by atoms with Gasteiger partial charge in [0.2, 0.25) is 0 Å². The number of halogens is 4. The van der Waals surface area contributed by atoms with Crippen molar-refractivity contribution in [1.82, 2.24) is 9.71 Å². The second-order valence-corrected chi connectivity index (χ2v) is 9.57. The zero-order chi connectivity index (χ0) is 27.3. The number of carboxylic acid groups (broad SMARTS) is 1. The van der Waals surface area contributed by atoms with Crippen molar-refractivity contribution in [2.75, 3.05) is 5.73 Å². The van der Waals surface area contributed by atoms with Gasteiger partial charge in [0, 0.05) is 22.2 Å². The minimum absolute atomic E-state index is 0.0327. The van der Waals surface area contributed by atoms with Gasteiger partial charge in [-0.3, -0.25) is 0 Å². The fourth-order valence-corrected chi connectivity index (χ4v) is 3.87.